The third-order valence-electron chi connectivity index (χ3n) is 18.3. The van der Waals surface area contributed by atoms with E-state index in [2.05, 4.69) is 62.5 Å². The first kappa shape index (κ1) is 89.2. The fraction of sp³-hybridized carbons (Fsp3) is 0.867. The van der Waals surface area contributed by atoms with E-state index in [0.29, 0.717) is 17.4 Å². The van der Waals surface area contributed by atoms with Crippen LogP contribution in [0.3, 0.4) is 0 Å². The average Bonchev–Trinajstić information content (AvgIpc) is 3.70. The number of allylic oxidation sites excluding steroid dienone is 8. The van der Waals surface area contributed by atoms with Crippen molar-refractivity contribution in [1.82, 2.24) is 0 Å². The Morgan fingerprint density at radius 2 is 0.620 bits per heavy atom. The Kier molecular flexibility index (Phi) is 71.8. The molecule has 0 amide bonds. The van der Waals surface area contributed by atoms with Crippen LogP contribution in [0.4, 0.5) is 0 Å². The van der Waals surface area contributed by atoms with Gasteiger partial charge >= 0.3 is 17.9 Å². The smallest absolute Gasteiger partial charge is 0.361 e. The molecule has 0 spiro atoms. The average molecular weight is 1300 g/mol. The normalized spacial score (nSPS) is 12.8. The van der Waals surface area contributed by atoms with Gasteiger partial charge in [-0.3, -0.25) is 9.59 Å². The van der Waals surface area contributed by atoms with Gasteiger partial charge in [0.25, 0.3) is 6.29 Å². The fourth-order valence-corrected chi connectivity index (χ4v) is 12.2. The number of hydrogen-bond acceptors (Lipinski definition) is 7. The minimum Gasteiger partial charge on any atom is -0.477 e. The van der Waals surface area contributed by atoms with E-state index in [9.17, 15) is 19.5 Å². The molecule has 0 bridgehead atoms. The quantitative estimate of drug-likeness (QED) is 0.0211. The number of carbonyl (C=O) groups is 3. The predicted octanol–water partition coefficient (Wildman–Crippen LogP) is 25.7. The van der Waals surface area contributed by atoms with Crippen molar-refractivity contribution in [2.75, 3.05) is 47.5 Å². The Morgan fingerprint density at radius 3 is 0.924 bits per heavy atom. The highest BCUT2D eigenvalue weighted by atomic mass is 16.7. The van der Waals surface area contributed by atoms with Crippen LogP contribution < -0.4 is 0 Å². The highest BCUT2D eigenvalue weighted by Crippen LogP contribution is 2.20. The second-order valence-corrected chi connectivity index (χ2v) is 28.7. The predicted molar refractivity (Wildman–Crippen MR) is 397 cm³/mol. The number of nitrogens with zero attached hydrogens (tertiary/aromatic N) is 1. The topological polar surface area (TPSA) is 108 Å². The van der Waals surface area contributed by atoms with Crippen molar-refractivity contribution in [1.29, 1.82) is 0 Å². The van der Waals surface area contributed by atoms with Crippen LogP contribution in [-0.4, -0.2) is 87.4 Å². The van der Waals surface area contributed by atoms with Gasteiger partial charge in [0, 0.05) is 12.8 Å². The summed E-state index contributed by atoms with van der Waals surface area (Å²) in [5, 5.41) is 9.77. The van der Waals surface area contributed by atoms with E-state index >= 15 is 0 Å². The van der Waals surface area contributed by atoms with E-state index < -0.39 is 18.4 Å². The van der Waals surface area contributed by atoms with Crippen LogP contribution in [0.15, 0.2) is 48.6 Å². The first-order valence-electron chi connectivity index (χ1n) is 40.3. The van der Waals surface area contributed by atoms with Gasteiger partial charge in [-0.25, -0.2) is 4.79 Å². The van der Waals surface area contributed by atoms with Gasteiger partial charge in [0.05, 0.1) is 34.4 Å². The zero-order chi connectivity index (χ0) is 66.8. The number of carboxylic acids is 1. The standard InChI is InChI=1S/C83H155NO8/c1-6-8-10-12-14-16-18-20-22-24-26-28-30-32-34-36-38-40-41-42-44-46-48-50-52-54-56-58-60-62-64-66-68-70-72-74-81(86)92-79(78-91-83(82(87)88)89-76-75-84(3,4)5)77-90-80(85)73-71-69-67-65-63-61-59-57-55-53-51-49-47-45-43-39-37-35-33-31-29-27-25-23-21-19-17-15-13-11-9-7-2/h8,10,14,16,20,22,26,28,79,83H,6-7,9,11-13,15,17-19,21,23-25,27,29-78H2,1-5H3/p+1/b10-8-,16-14-,22-20-,28-26-. The summed E-state index contributed by atoms with van der Waals surface area (Å²) in [7, 11) is 6.00. The van der Waals surface area contributed by atoms with Gasteiger partial charge in [-0.2, -0.15) is 0 Å². The summed E-state index contributed by atoms with van der Waals surface area (Å²) in [6, 6.07) is 0. The summed E-state index contributed by atoms with van der Waals surface area (Å²) < 4.78 is 23.1. The summed E-state index contributed by atoms with van der Waals surface area (Å²) in [5.41, 5.74) is 0. The van der Waals surface area contributed by atoms with Crippen molar-refractivity contribution in [2.24, 2.45) is 0 Å². The number of ether oxygens (including phenoxy) is 4. The van der Waals surface area contributed by atoms with Gasteiger partial charge < -0.3 is 28.5 Å². The molecule has 9 nitrogen and oxygen atoms in total. The molecule has 0 saturated carbocycles. The number of quaternary nitrogens is 1. The third-order valence-corrected chi connectivity index (χ3v) is 18.3. The SMILES string of the molecule is CC/C=C\C/C=C\C/C=C\C/C=C\CCCCCCCCCCCCCCCCCCCCCCCCC(=O)OC(COC(=O)CCCCCCCCCCCCCCCCCCCCCCCCCCCCCCCCCC)COC(OCC[N+](C)(C)C)C(=O)O. The van der Waals surface area contributed by atoms with Gasteiger partial charge in [0.2, 0.25) is 0 Å². The monoisotopic (exact) mass is 1300 g/mol. The molecule has 0 saturated heterocycles. The summed E-state index contributed by atoms with van der Waals surface area (Å²) in [5.74, 6) is -1.97. The second kappa shape index (κ2) is 74.0. The lowest BCUT2D eigenvalue weighted by Crippen LogP contribution is -2.40. The maximum Gasteiger partial charge on any atom is 0.361 e. The molecule has 1 N–H and O–H groups in total. The van der Waals surface area contributed by atoms with E-state index in [1.165, 1.54) is 315 Å². The molecular formula is C83H156NO8+. The van der Waals surface area contributed by atoms with Crippen molar-refractivity contribution >= 4 is 17.9 Å². The molecule has 0 aromatic rings. The zero-order valence-corrected chi connectivity index (χ0v) is 62.0. The lowest BCUT2D eigenvalue weighted by Gasteiger charge is -2.25. The van der Waals surface area contributed by atoms with Gasteiger partial charge in [0.1, 0.15) is 13.2 Å². The lowest BCUT2D eigenvalue weighted by atomic mass is 10.0. The van der Waals surface area contributed by atoms with E-state index in [4.69, 9.17) is 18.9 Å². The molecule has 0 aliphatic heterocycles. The molecule has 2 unspecified atom stereocenters. The minimum atomic E-state index is -1.51. The Labute approximate surface area is 572 Å². The Hall–Kier alpha value is -2.75. The molecule has 0 aromatic carbocycles. The molecule has 540 valence electrons. The molecule has 0 aliphatic rings. The Bertz CT molecular complexity index is 1650. The molecule has 9 heteroatoms. The number of esters is 2. The van der Waals surface area contributed by atoms with Crippen molar-refractivity contribution in [3.8, 4) is 0 Å². The molecule has 2 atom stereocenters. The number of unbranched alkanes of at least 4 members (excludes halogenated alkanes) is 53. The van der Waals surface area contributed by atoms with Crippen LogP contribution in [0, 0.1) is 0 Å². The summed E-state index contributed by atoms with van der Waals surface area (Å²) >= 11 is 0. The van der Waals surface area contributed by atoms with Crippen molar-refractivity contribution in [3.63, 3.8) is 0 Å². The number of aliphatic carboxylic acids is 1. The lowest BCUT2D eigenvalue weighted by molar-refractivity contribution is -0.870. The van der Waals surface area contributed by atoms with Gasteiger partial charge in [-0.1, -0.05) is 390 Å². The second-order valence-electron chi connectivity index (χ2n) is 28.7. The molecule has 0 fully saturated rings. The highest BCUT2D eigenvalue weighted by molar-refractivity contribution is 5.71. The van der Waals surface area contributed by atoms with Gasteiger partial charge in [-0.05, 0) is 51.4 Å². The Balaban J connectivity index is 3.96. The fourth-order valence-electron chi connectivity index (χ4n) is 12.2. The first-order chi connectivity index (χ1) is 45.1. The molecule has 0 heterocycles. The minimum absolute atomic E-state index is 0.175. The van der Waals surface area contributed by atoms with Gasteiger partial charge in [-0.15, -0.1) is 0 Å². The summed E-state index contributed by atoms with van der Waals surface area (Å²) in [6.07, 6.45) is 94.2. The number of carbonyl (C=O) groups excluding carboxylic acids is 2. The third kappa shape index (κ3) is 74.6. The summed E-state index contributed by atoms with van der Waals surface area (Å²) in [4.78, 5) is 37.7. The number of hydrogen-bond donors (Lipinski definition) is 1. The van der Waals surface area contributed by atoms with E-state index in [1.807, 2.05) is 21.1 Å². The molecule has 92 heavy (non-hydrogen) atoms. The van der Waals surface area contributed by atoms with Crippen LogP contribution in [-0.2, 0) is 33.3 Å². The van der Waals surface area contributed by atoms with E-state index in [-0.39, 0.29) is 38.2 Å². The number of likely N-dealkylation sites (N-methyl/N-ethyl adjacent to an activating group) is 1. The van der Waals surface area contributed by atoms with Gasteiger partial charge in [0.15, 0.2) is 6.10 Å². The maximum atomic E-state index is 13.0. The number of rotatable bonds is 76. The van der Waals surface area contributed by atoms with E-state index in [1.54, 1.807) is 0 Å². The van der Waals surface area contributed by atoms with Crippen molar-refractivity contribution < 1.29 is 42.9 Å². The highest BCUT2D eigenvalue weighted by Gasteiger charge is 2.25. The van der Waals surface area contributed by atoms with Crippen molar-refractivity contribution in [3.05, 3.63) is 48.6 Å². The zero-order valence-electron chi connectivity index (χ0n) is 62.0. The largest absolute Gasteiger partial charge is 0.477 e. The maximum absolute atomic E-state index is 13.0. The van der Waals surface area contributed by atoms with Crippen LogP contribution in [0.1, 0.15) is 406 Å². The summed E-state index contributed by atoms with van der Waals surface area (Å²) in [6.45, 7) is 4.85. The van der Waals surface area contributed by atoms with Crippen LogP contribution >= 0.6 is 0 Å². The molecular weight excluding hydrogens is 1140 g/mol. The molecule has 0 aromatic heterocycles. The molecule has 0 rings (SSSR count). The Morgan fingerprint density at radius 1 is 0.337 bits per heavy atom. The van der Waals surface area contributed by atoms with Crippen molar-refractivity contribution in [2.45, 2.75) is 418 Å². The molecule has 0 aliphatic carbocycles. The van der Waals surface area contributed by atoms with Crippen LogP contribution in [0.2, 0.25) is 0 Å². The molecule has 0 radical (unpaired) electrons. The number of carboxylic acid groups (broad SMARTS) is 1. The van der Waals surface area contributed by atoms with Crippen LogP contribution in [0.5, 0.6) is 0 Å². The van der Waals surface area contributed by atoms with Crippen LogP contribution in [0.25, 0.3) is 0 Å². The first-order valence-corrected chi connectivity index (χ1v) is 40.3. The van der Waals surface area contributed by atoms with E-state index in [0.717, 1.165) is 64.2 Å².